The van der Waals surface area contributed by atoms with Crippen molar-refractivity contribution in [3.63, 3.8) is 0 Å². The monoisotopic (exact) mass is 379 g/mol. The summed E-state index contributed by atoms with van der Waals surface area (Å²) in [6.07, 6.45) is 5.33. The van der Waals surface area contributed by atoms with Crippen molar-refractivity contribution in [3.8, 4) is 5.69 Å². The Hall–Kier alpha value is -3.03. The highest BCUT2D eigenvalue weighted by molar-refractivity contribution is 5.98. The average Bonchev–Trinajstić information content (AvgIpc) is 3.31. The largest absolute Gasteiger partial charge is 0.338 e. The number of likely N-dealkylation sites (tertiary alicyclic amines) is 1. The van der Waals surface area contributed by atoms with Crippen molar-refractivity contribution in [2.75, 3.05) is 13.1 Å². The predicted molar refractivity (Wildman–Crippen MR) is 104 cm³/mol. The van der Waals surface area contributed by atoms with Crippen LogP contribution in [0.1, 0.15) is 40.4 Å². The molecular weight excluding hydrogens is 354 g/mol. The lowest BCUT2D eigenvalue weighted by Gasteiger charge is -2.33. The van der Waals surface area contributed by atoms with Crippen LogP contribution in [0.15, 0.2) is 30.9 Å². The van der Waals surface area contributed by atoms with E-state index in [1.807, 2.05) is 48.6 Å². The summed E-state index contributed by atoms with van der Waals surface area (Å²) in [7, 11) is 0. The SMILES string of the molecule is Cc1ccc(-n2cnnc2)c(C(=O)N2CCCC(Cn3nc(C)nc3C)C2)c1. The van der Waals surface area contributed by atoms with E-state index in [0.29, 0.717) is 11.5 Å². The summed E-state index contributed by atoms with van der Waals surface area (Å²) in [4.78, 5) is 19.7. The number of hydrogen-bond acceptors (Lipinski definition) is 5. The van der Waals surface area contributed by atoms with E-state index in [4.69, 9.17) is 0 Å². The molecule has 1 saturated heterocycles. The highest BCUT2D eigenvalue weighted by Gasteiger charge is 2.27. The molecule has 0 bridgehead atoms. The van der Waals surface area contributed by atoms with Gasteiger partial charge in [0.1, 0.15) is 24.3 Å². The zero-order chi connectivity index (χ0) is 19.7. The number of piperidine rings is 1. The number of benzene rings is 1. The van der Waals surface area contributed by atoms with Gasteiger partial charge in [-0.25, -0.2) is 9.67 Å². The molecule has 1 unspecified atom stereocenters. The molecule has 8 heteroatoms. The van der Waals surface area contributed by atoms with Crippen LogP contribution in [-0.4, -0.2) is 53.4 Å². The van der Waals surface area contributed by atoms with Crippen LogP contribution in [0.2, 0.25) is 0 Å². The second-order valence-corrected chi connectivity index (χ2v) is 7.54. The zero-order valence-electron chi connectivity index (χ0n) is 16.5. The third-order valence-electron chi connectivity index (χ3n) is 5.28. The minimum atomic E-state index is 0.0589. The van der Waals surface area contributed by atoms with Gasteiger partial charge in [0.15, 0.2) is 0 Å². The average molecular weight is 379 g/mol. The number of rotatable bonds is 4. The van der Waals surface area contributed by atoms with Crippen LogP contribution in [0.25, 0.3) is 5.69 Å². The Balaban J connectivity index is 1.55. The molecule has 1 atom stereocenters. The van der Waals surface area contributed by atoms with Gasteiger partial charge in [0.05, 0.1) is 11.3 Å². The lowest BCUT2D eigenvalue weighted by atomic mass is 9.97. The van der Waals surface area contributed by atoms with Gasteiger partial charge in [0.2, 0.25) is 0 Å². The molecule has 0 radical (unpaired) electrons. The van der Waals surface area contributed by atoms with Crippen LogP contribution in [0.5, 0.6) is 0 Å². The predicted octanol–water partition coefficient (Wildman–Crippen LogP) is 2.34. The quantitative estimate of drug-likeness (QED) is 0.695. The Labute approximate surface area is 164 Å². The van der Waals surface area contributed by atoms with Crippen molar-refractivity contribution in [2.24, 2.45) is 5.92 Å². The summed E-state index contributed by atoms with van der Waals surface area (Å²) >= 11 is 0. The number of amides is 1. The Morgan fingerprint density at radius 2 is 1.96 bits per heavy atom. The molecule has 3 aromatic rings. The van der Waals surface area contributed by atoms with Crippen LogP contribution < -0.4 is 0 Å². The van der Waals surface area contributed by atoms with E-state index in [1.54, 1.807) is 17.2 Å². The fourth-order valence-corrected chi connectivity index (χ4v) is 3.92. The number of hydrogen-bond donors (Lipinski definition) is 0. The molecular formula is C20H25N7O. The highest BCUT2D eigenvalue weighted by Crippen LogP contribution is 2.24. The third-order valence-corrected chi connectivity index (χ3v) is 5.28. The van der Waals surface area contributed by atoms with Crippen LogP contribution in [0, 0.1) is 26.7 Å². The summed E-state index contributed by atoms with van der Waals surface area (Å²) in [5.74, 6) is 2.15. The maximum atomic E-state index is 13.4. The lowest BCUT2D eigenvalue weighted by Crippen LogP contribution is -2.41. The minimum Gasteiger partial charge on any atom is -0.338 e. The van der Waals surface area contributed by atoms with Crippen molar-refractivity contribution in [1.29, 1.82) is 0 Å². The van der Waals surface area contributed by atoms with Crippen molar-refractivity contribution >= 4 is 5.91 Å². The maximum absolute atomic E-state index is 13.4. The van der Waals surface area contributed by atoms with E-state index in [-0.39, 0.29) is 5.91 Å². The number of aromatic nitrogens is 6. The number of carbonyl (C=O) groups is 1. The van der Waals surface area contributed by atoms with Gasteiger partial charge < -0.3 is 4.90 Å². The first-order valence-corrected chi connectivity index (χ1v) is 9.64. The van der Waals surface area contributed by atoms with Crippen LogP contribution >= 0.6 is 0 Å². The molecule has 1 amide bonds. The zero-order valence-corrected chi connectivity index (χ0v) is 16.5. The molecule has 0 aliphatic carbocycles. The van der Waals surface area contributed by atoms with Crippen molar-refractivity contribution in [3.05, 3.63) is 53.6 Å². The molecule has 0 saturated carbocycles. The van der Waals surface area contributed by atoms with Gasteiger partial charge in [0.25, 0.3) is 5.91 Å². The van der Waals surface area contributed by atoms with Crippen LogP contribution in [0.3, 0.4) is 0 Å². The molecule has 146 valence electrons. The van der Waals surface area contributed by atoms with Crippen LogP contribution in [-0.2, 0) is 6.54 Å². The molecule has 0 N–H and O–H groups in total. The van der Waals surface area contributed by atoms with Gasteiger partial charge in [0, 0.05) is 19.6 Å². The van der Waals surface area contributed by atoms with Gasteiger partial charge in [-0.15, -0.1) is 10.2 Å². The number of aryl methyl sites for hydroxylation is 3. The first-order chi connectivity index (χ1) is 13.5. The van der Waals surface area contributed by atoms with Crippen molar-refractivity contribution in [1.82, 2.24) is 34.4 Å². The molecule has 3 heterocycles. The van der Waals surface area contributed by atoms with E-state index in [0.717, 1.165) is 55.4 Å². The van der Waals surface area contributed by atoms with E-state index in [1.165, 1.54) is 0 Å². The Kier molecular flexibility index (Phi) is 4.93. The molecule has 28 heavy (non-hydrogen) atoms. The Morgan fingerprint density at radius 3 is 2.68 bits per heavy atom. The number of nitrogens with zero attached hydrogens (tertiary/aromatic N) is 7. The standard InChI is InChI=1S/C20H25N7O/c1-14-6-7-19(26-12-21-22-13-26)18(9-14)20(28)25-8-4-5-17(10-25)11-27-16(3)23-15(2)24-27/h6-7,9,12-13,17H,4-5,8,10-11H2,1-3H3. The highest BCUT2D eigenvalue weighted by atomic mass is 16.2. The third kappa shape index (κ3) is 3.67. The molecule has 1 fully saturated rings. The normalized spacial score (nSPS) is 17.1. The second kappa shape index (κ2) is 7.53. The van der Waals surface area contributed by atoms with Gasteiger partial charge in [-0.2, -0.15) is 5.10 Å². The summed E-state index contributed by atoms with van der Waals surface area (Å²) in [5.41, 5.74) is 2.56. The van der Waals surface area contributed by atoms with Gasteiger partial charge >= 0.3 is 0 Å². The Morgan fingerprint density at radius 1 is 1.18 bits per heavy atom. The fraction of sp³-hybridized carbons (Fsp3) is 0.450. The molecule has 1 aliphatic rings. The van der Waals surface area contributed by atoms with Crippen LogP contribution in [0.4, 0.5) is 0 Å². The first-order valence-electron chi connectivity index (χ1n) is 9.64. The molecule has 0 spiro atoms. The molecule has 2 aromatic heterocycles. The van der Waals surface area contributed by atoms with E-state index in [9.17, 15) is 4.79 Å². The molecule has 4 rings (SSSR count). The minimum absolute atomic E-state index is 0.0589. The molecule has 1 aliphatic heterocycles. The lowest BCUT2D eigenvalue weighted by molar-refractivity contribution is 0.0659. The molecule has 1 aromatic carbocycles. The summed E-state index contributed by atoms with van der Waals surface area (Å²) in [5, 5.41) is 12.2. The Bertz CT molecular complexity index is 977. The maximum Gasteiger partial charge on any atom is 0.256 e. The molecule has 8 nitrogen and oxygen atoms in total. The first kappa shape index (κ1) is 18.3. The van der Waals surface area contributed by atoms with Crippen molar-refractivity contribution < 1.29 is 4.79 Å². The number of carbonyl (C=O) groups excluding carboxylic acids is 1. The van der Waals surface area contributed by atoms with Gasteiger partial charge in [-0.3, -0.25) is 9.36 Å². The van der Waals surface area contributed by atoms with Crippen molar-refractivity contribution in [2.45, 2.75) is 40.2 Å². The van der Waals surface area contributed by atoms with Gasteiger partial charge in [-0.05, 0) is 51.7 Å². The summed E-state index contributed by atoms with van der Waals surface area (Å²) in [6.45, 7) is 8.19. The topological polar surface area (TPSA) is 81.7 Å². The summed E-state index contributed by atoms with van der Waals surface area (Å²) < 4.78 is 3.75. The van der Waals surface area contributed by atoms with Gasteiger partial charge in [-0.1, -0.05) is 11.6 Å². The van der Waals surface area contributed by atoms with E-state index in [2.05, 4.69) is 20.3 Å². The smallest absolute Gasteiger partial charge is 0.256 e. The van der Waals surface area contributed by atoms with E-state index < -0.39 is 0 Å². The summed E-state index contributed by atoms with van der Waals surface area (Å²) in [6, 6.07) is 5.90. The second-order valence-electron chi connectivity index (χ2n) is 7.54. The fourth-order valence-electron chi connectivity index (χ4n) is 3.92. The van der Waals surface area contributed by atoms with E-state index >= 15 is 0 Å².